The number of hydrogen-bond donors (Lipinski definition) is 0. The first kappa shape index (κ1) is 22.5. The van der Waals surface area contributed by atoms with E-state index in [2.05, 4.69) is 13.2 Å². The van der Waals surface area contributed by atoms with E-state index in [0.29, 0.717) is 11.3 Å². The molecule has 0 heterocycles. The summed E-state index contributed by atoms with van der Waals surface area (Å²) in [6.07, 6.45) is -0.174. The molecule has 0 radical (unpaired) electrons. The molecule has 30 heavy (non-hydrogen) atoms. The Hall–Kier alpha value is -3.74. The maximum atomic E-state index is 14.5. The van der Waals surface area contributed by atoms with Crippen molar-refractivity contribution in [3.05, 3.63) is 72.6 Å². The van der Waals surface area contributed by atoms with E-state index in [9.17, 15) is 18.8 Å². The number of hydrogen-bond acceptors (Lipinski definition) is 6. The summed E-state index contributed by atoms with van der Waals surface area (Å²) in [4.78, 5) is 34.6. The molecule has 0 spiro atoms. The Labute approximate surface area is 173 Å². The highest BCUT2D eigenvalue weighted by molar-refractivity contribution is 5.89. The summed E-state index contributed by atoms with van der Waals surface area (Å²) < 4.78 is 29.4. The van der Waals surface area contributed by atoms with Crippen LogP contribution < -0.4 is 9.47 Å². The first-order valence-electron chi connectivity index (χ1n) is 8.98. The van der Waals surface area contributed by atoms with E-state index in [1.54, 1.807) is 12.1 Å². The van der Waals surface area contributed by atoms with Gasteiger partial charge in [0.1, 0.15) is 23.9 Å². The lowest BCUT2D eigenvalue weighted by Crippen LogP contribution is -2.14. The average molecular weight is 412 g/mol. The maximum Gasteiger partial charge on any atom is 0.338 e. The summed E-state index contributed by atoms with van der Waals surface area (Å²) in [6.45, 7) is 9.80. The maximum absolute atomic E-state index is 14.5. The van der Waals surface area contributed by atoms with E-state index in [4.69, 9.17) is 14.2 Å². The Balaban J connectivity index is 1.98. The quantitative estimate of drug-likeness (QED) is 0.364. The predicted molar refractivity (Wildman–Crippen MR) is 108 cm³/mol. The third-order valence-electron chi connectivity index (χ3n) is 3.78. The van der Waals surface area contributed by atoms with Crippen molar-refractivity contribution in [2.24, 2.45) is 0 Å². The van der Waals surface area contributed by atoms with E-state index in [-0.39, 0.29) is 35.5 Å². The largest absolute Gasteiger partial charge is 0.462 e. The minimum atomic E-state index is -0.666. The lowest BCUT2D eigenvalue weighted by Gasteiger charge is -2.09. The molecule has 2 rings (SSSR count). The molecule has 7 heteroatoms. The van der Waals surface area contributed by atoms with Crippen molar-refractivity contribution in [3.63, 3.8) is 0 Å². The van der Waals surface area contributed by atoms with Crippen molar-refractivity contribution in [3.8, 4) is 22.6 Å². The van der Waals surface area contributed by atoms with Crippen LogP contribution in [0.5, 0.6) is 11.5 Å². The second-order valence-electron chi connectivity index (χ2n) is 6.48. The Kier molecular flexibility index (Phi) is 7.63. The Morgan fingerprint density at radius 2 is 1.47 bits per heavy atom. The summed E-state index contributed by atoms with van der Waals surface area (Å²) in [6, 6.07) is 10.3. The molecule has 2 aromatic rings. The number of ether oxygens (including phenoxy) is 3. The summed E-state index contributed by atoms with van der Waals surface area (Å²) in [7, 11) is 0. The lowest BCUT2D eigenvalue weighted by atomic mass is 10.0. The van der Waals surface area contributed by atoms with Crippen LogP contribution in [0.4, 0.5) is 4.39 Å². The molecule has 156 valence electrons. The topological polar surface area (TPSA) is 78.9 Å². The highest BCUT2D eigenvalue weighted by Gasteiger charge is 2.12. The van der Waals surface area contributed by atoms with Crippen LogP contribution in [0.3, 0.4) is 0 Å². The number of carbonyl (C=O) groups excluding carboxylic acids is 3. The molecule has 0 aliphatic heterocycles. The second kappa shape index (κ2) is 10.2. The first-order chi connectivity index (χ1) is 14.2. The van der Waals surface area contributed by atoms with Crippen molar-refractivity contribution >= 4 is 17.9 Å². The molecule has 0 N–H and O–H groups in total. The van der Waals surface area contributed by atoms with Crippen molar-refractivity contribution in [2.45, 2.75) is 20.3 Å². The van der Waals surface area contributed by atoms with Gasteiger partial charge in [0.25, 0.3) is 0 Å². The molecule has 2 aromatic carbocycles. The van der Waals surface area contributed by atoms with E-state index in [1.165, 1.54) is 38.1 Å². The van der Waals surface area contributed by atoms with Gasteiger partial charge in [-0.1, -0.05) is 25.3 Å². The van der Waals surface area contributed by atoms with Gasteiger partial charge in [-0.3, -0.25) is 4.79 Å². The third-order valence-corrected chi connectivity index (χ3v) is 3.78. The molecule has 0 amide bonds. The molecule has 0 saturated carbocycles. The minimum Gasteiger partial charge on any atom is -0.462 e. The average Bonchev–Trinajstić information content (AvgIpc) is 2.68. The second-order valence-corrected chi connectivity index (χ2v) is 6.48. The van der Waals surface area contributed by atoms with Gasteiger partial charge in [-0.2, -0.15) is 0 Å². The summed E-state index contributed by atoms with van der Waals surface area (Å²) >= 11 is 0. The molecule has 0 aromatic heterocycles. The van der Waals surface area contributed by atoms with Gasteiger partial charge in [-0.25, -0.2) is 14.0 Å². The van der Waals surface area contributed by atoms with Crippen LogP contribution in [-0.2, 0) is 19.1 Å². The molecule has 0 saturated heterocycles. The van der Waals surface area contributed by atoms with Crippen molar-refractivity contribution in [1.29, 1.82) is 0 Å². The van der Waals surface area contributed by atoms with E-state index >= 15 is 0 Å². The van der Waals surface area contributed by atoms with Gasteiger partial charge in [0, 0.05) is 22.8 Å². The smallest absolute Gasteiger partial charge is 0.338 e. The highest BCUT2D eigenvalue weighted by atomic mass is 19.1. The van der Waals surface area contributed by atoms with Crippen LogP contribution in [0.25, 0.3) is 11.1 Å². The number of carbonyl (C=O) groups is 3. The zero-order chi connectivity index (χ0) is 22.3. The van der Waals surface area contributed by atoms with Gasteiger partial charge in [0.05, 0.1) is 6.42 Å². The van der Waals surface area contributed by atoms with Gasteiger partial charge >= 0.3 is 17.9 Å². The van der Waals surface area contributed by atoms with Crippen LogP contribution in [0.1, 0.15) is 20.3 Å². The number of esters is 3. The molecule has 0 atom stereocenters. The normalized spacial score (nSPS) is 10.1. The van der Waals surface area contributed by atoms with Crippen LogP contribution in [0, 0.1) is 5.82 Å². The fourth-order valence-electron chi connectivity index (χ4n) is 2.22. The third kappa shape index (κ3) is 6.41. The SMILES string of the molecule is C=C(C)C(=O)OCCC(=O)Oc1ccc(-c2ccc(OC(=O)C(=C)C)cc2)c(F)c1. The Morgan fingerprint density at radius 1 is 0.867 bits per heavy atom. The molecule has 0 unspecified atom stereocenters. The fourth-order valence-corrected chi connectivity index (χ4v) is 2.22. The standard InChI is InChI=1S/C23H21FO6/c1-14(2)22(26)28-12-11-21(25)29-18-9-10-19(20(24)13-18)16-5-7-17(8-6-16)30-23(27)15(3)4/h5-10,13H,1,3,11-12H2,2,4H3. The van der Waals surface area contributed by atoms with Gasteiger partial charge in [-0.15, -0.1) is 0 Å². The molecule has 0 fully saturated rings. The van der Waals surface area contributed by atoms with E-state index < -0.39 is 23.7 Å². The molecule has 0 aliphatic rings. The van der Waals surface area contributed by atoms with Gasteiger partial charge in [-0.05, 0) is 43.7 Å². The fraction of sp³-hybridized carbons (Fsp3) is 0.174. The van der Waals surface area contributed by atoms with Crippen LogP contribution in [-0.4, -0.2) is 24.5 Å². The zero-order valence-corrected chi connectivity index (χ0v) is 16.7. The predicted octanol–water partition coefficient (Wildman–Crippen LogP) is 4.39. The molecule has 0 aliphatic carbocycles. The molecular formula is C23H21FO6. The van der Waals surface area contributed by atoms with Crippen molar-refractivity contribution in [1.82, 2.24) is 0 Å². The zero-order valence-electron chi connectivity index (χ0n) is 16.7. The monoisotopic (exact) mass is 412 g/mol. The van der Waals surface area contributed by atoms with Crippen molar-refractivity contribution < 1.29 is 33.0 Å². The van der Waals surface area contributed by atoms with Crippen LogP contribution in [0.15, 0.2) is 66.8 Å². The van der Waals surface area contributed by atoms with Crippen LogP contribution >= 0.6 is 0 Å². The number of rotatable bonds is 8. The van der Waals surface area contributed by atoms with Crippen LogP contribution in [0.2, 0.25) is 0 Å². The van der Waals surface area contributed by atoms with Gasteiger partial charge in [0.15, 0.2) is 0 Å². The lowest BCUT2D eigenvalue weighted by molar-refractivity contribution is -0.142. The number of benzene rings is 2. The highest BCUT2D eigenvalue weighted by Crippen LogP contribution is 2.28. The Morgan fingerprint density at radius 3 is 2.03 bits per heavy atom. The summed E-state index contributed by atoms with van der Waals surface area (Å²) in [5, 5.41) is 0. The first-order valence-corrected chi connectivity index (χ1v) is 8.98. The van der Waals surface area contributed by atoms with Crippen molar-refractivity contribution in [2.75, 3.05) is 6.61 Å². The number of halogens is 1. The van der Waals surface area contributed by atoms with Gasteiger partial charge in [0.2, 0.25) is 0 Å². The van der Waals surface area contributed by atoms with E-state index in [1.807, 2.05) is 0 Å². The molecular weight excluding hydrogens is 391 g/mol. The Bertz CT molecular complexity index is 991. The van der Waals surface area contributed by atoms with Gasteiger partial charge < -0.3 is 14.2 Å². The summed E-state index contributed by atoms with van der Waals surface area (Å²) in [5.41, 5.74) is 1.32. The molecule has 0 bridgehead atoms. The molecule has 6 nitrogen and oxygen atoms in total. The minimum absolute atomic E-state index is 0.0273. The van der Waals surface area contributed by atoms with E-state index in [0.717, 1.165) is 6.07 Å². The summed E-state index contributed by atoms with van der Waals surface area (Å²) in [5.74, 6) is -2.07.